The SMILES string of the molecule is C[n+]1cccc2c1C(Cl)CCC2.[I-]. The second kappa shape index (κ2) is 4.60. The highest BCUT2D eigenvalue weighted by molar-refractivity contribution is 6.20. The van der Waals surface area contributed by atoms with Crippen molar-refractivity contribution in [2.75, 3.05) is 0 Å². The fourth-order valence-electron chi connectivity index (χ4n) is 1.92. The Kier molecular flexibility index (Phi) is 3.98. The highest BCUT2D eigenvalue weighted by Crippen LogP contribution is 2.31. The average molecular weight is 310 g/mol. The highest BCUT2D eigenvalue weighted by Gasteiger charge is 2.25. The summed E-state index contributed by atoms with van der Waals surface area (Å²) in [6.07, 6.45) is 5.60. The van der Waals surface area contributed by atoms with Gasteiger partial charge in [-0.3, -0.25) is 0 Å². The number of hydrogen-bond donors (Lipinski definition) is 0. The molecular weight excluding hydrogens is 296 g/mol. The van der Waals surface area contributed by atoms with E-state index in [9.17, 15) is 0 Å². The van der Waals surface area contributed by atoms with Gasteiger partial charge in [0, 0.05) is 11.6 Å². The van der Waals surface area contributed by atoms with Crippen LogP contribution in [-0.4, -0.2) is 0 Å². The van der Waals surface area contributed by atoms with E-state index < -0.39 is 0 Å². The lowest BCUT2D eigenvalue weighted by molar-refractivity contribution is -0.680. The summed E-state index contributed by atoms with van der Waals surface area (Å²) in [5.41, 5.74) is 2.73. The van der Waals surface area contributed by atoms with Crippen LogP contribution in [0.25, 0.3) is 0 Å². The predicted molar refractivity (Wildman–Crippen MR) is 49.2 cm³/mol. The van der Waals surface area contributed by atoms with Crippen LogP contribution in [0.4, 0.5) is 0 Å². The van der Waals surface area contributed by atoms with Gasteiger partial charge in [0.05, 0.1) is 0 Å². The summed E-state index contributed by atoms with van der Waals surface area (Å²) in [5.74, 6) is 0. The lowest BCUT2D eigenvalue weighted by atomic mass is 9.95. The summed E-state index contributed by atoms with van der Waals surface area (Å²) in [5, 5.41) is 0.222. The van der Waals surface area contributed by atoms with Crippen LogP contribution in [0.3, 0.4) is 0 Å². The molecule has 1 aromatic heterocycles. The molecule has 1 nitrogen and oxygen atoms in total. The van der Waals surface area contributed by atoms with Crippen LogP contribution in [0.15, 0.2) is 18.3 Å². The van der Waals surface area contributed by atoms with Crippen LogP contribution >= 0.6 is 11.6 Å². The summed E-state index contributed by atoms with van der Waals surface area (Å²) in [7, 11) is 2.07. The van der Waals surface area contributed by atoms with E-state index in [1.54, 1.807) is 0 Å². The molecule has 1 unspecified atom stereocenters. The maximum absolute atomic E-state index is 6.23. The molecule has 1 heterocycles. The van der Waals surface area contributed by atoms with Crippen LogP contribution in [0, 0.1) is 0 Å². The lowest BCUT2D eigenvalue weighted by Gasteiger charge is -2.16. The molecule has 0 saturated carbocycles. The molecule has 0 aromatic carbocycles. The van der Waals surface area contributed by atoms with Crippen molar-refractivity contribution in [3.05, 3.63) is 29.6 Å². The van der Waals surface area contributed by atoms with Gasteiger partial charge >= 0.3 is 0 Å². The molecule has 0 bridgehead atoms. The Morgan fingerprint density at radius 2 is 2.31 bits per heavy atom. The molecule has 1 aromatic rings. The van der Waals surface area contributed by atoms with E-state index >= 15 is 0 Å². The number of pyridine rings is 1. The minimum atomic E-state index is 0. The van der Waals surface area contributed by atoms with Crippen molar-refractivity contribution in [2.45, 2.75) is 24.6 Å². The first kappa shape index (κ1) is 11.2. The van der Waals surface area contributed by atoms with Gasteiger partial charge in [0.1, 0.15) is 12.4 Å². The van der Waals surface area contributed by atoms with E-state index in [0.29, 0.717) is 0 Å². The van der Waals surface area contributed by atoms with Gasteiger partial charge in [0.25, 0.3) is 0 Å². The van der Waals surface area contributed by atoms with Crippen molar-refractivity contribution in [3.8, 4) is 0 Å². The van der Waals surface area contributed by atoms with Crippen LogP contribution < -0.4 is 28.5 Å². The topological polar surface area (TPSA) is 3.88 Å². The third-order valence-corrected chi connectivity index (χ3v) is 2.94. The zero-order valence-electron chi connectivity index (χ0n) is 7.63. The van der Waals surface area contributed by atoms with Gasteiger partial charge < -0.3 is 24.0 Å². The number of hydrogen-bond acceptors (Lipinski definition) is 0. The number of rotatable bonds is 0. The Morgan fingerprint density at radius 3 is 3.00 bits per heavy atom. The van der Waals surface area contributed by atoms with Gasteiger partial charge in [-0.1, -0.05) is 0 Å². The summed E-state index contributed by atoms with van der Waals surface area (Å²) < 4.78 is 2.14. The van der Waals surface area contributed by atoms with E-state index in [-0.39, 0.29) is 29.4 Å². The van der Waals surface area contributed by atoms with Gasteiger partial charge in [-0.2, -0.15) is 0 Å². The van der Waals surface area contributed by atoms with Gasteiger partial charge in [0.15, 0.2) is 6.20 Å². The molecule has 13 heavy (non-hydrogen) atoms. The van der Waals surface area contributed by atoms with E-state index in [1.807, 2.05) is 0 Å². The minimum absolute atomic E-state index is 0. The van der Waals surface area contributed by atoms with Crippen LogP contribution in [0.5, 0.6) is 0 Å². The highest BCUT2D eigenvalue weighted by atomic mass is 127. The summed E-state index contributed by atoms with van der Waals surface area (Å²) in [6.45, 7) is 0. The molecule has 0 N–H and O–H groups in total. The van der Waals surface area contributed by atoms with E-state index in [4.69, 9.17) is 11.6 Å². The Bertz CT molecular complexity index is 301. The number of halogens is 2. The smallest absolute Gasteiger partial charge is 0.202 e. The average Bonchev–Trinajstić information content (AvgIpc) is 2.04. The number of alkyl halides is 1. The number of aromatic nitrogens is 1. The maximum atomic E-state index is 6.23. The molecule has 2 rings (SSSR count). The van der Waals surface area contributed by atoms with Gasteiger partial charge in [-0.05, 0) is 25.3 Å². The van der Waals surface area contributed by atoms with Crippen molar-refractivity contribution in [1.82, 2.24) is 0 Å². The first-order valence-corrected chi connectivity index (χ1v) is 4.84. The quantitative estimate of drug-likeness (QED) is 0.333. The van der Waals surface area contributed by atoms with Crippen molar-refractivity contribution in [3.63, 3.8) is 0 Å². The van der Waals surface area contributed by atoms with Crippen molar-refractivity contribution in [1.29, 1.82) is 0 Å². The Balaban J connectivity index is 0.000000845. The molecule has 72 valence electrons. The van der Waals surface area contributed by atoms with Crippen molar-refractivity contribution in [2.24, 2.45) is 7.05 Å². The molecule has 1 atom stereocenters. The van der Waals surface area contributed by atoms with Crippen LogP contribution in [0.2, 0.25) is 0 Å². The first-order chi connectivity index (χ1) is 5.79. The van der Waals surface area contributed by atoms with Crippen molar-refractivity contribution < 1.29 is 28.5 Å². The number of aryl methyl sites for hydroxylation is 2. The standard InChI is InChI=1S/C10H13ClN.HI/c1-12-7-3-5-8-4-2-6-9(11)10(8)12;/h3,5,7,9H,2,4,6H2,1H3;1H/q+1;/p-1. The van der Waals surface area contributed by atoms with Crippen LogP contribution in [0.1, 0.15) is 29.5 Å². The molecule has 0 radical (unpaired) electrons. The third-order valence-electron chi connectivity index (χ3n) is 2.52. The zero-order chi connectivity index (χ0) is 8.55. The molecule has 0 fully saturated rings. The zero-order valence-corrected chi connectivity index (χ0v) is 10.5. The summed E-state index contributed by atoms with van der Waals surface area (Å²) in [6, 6.07) is 4.28. The molecule has 0 amide bonds. The summed E-state index contributed by atoms with van der Waals surface area (Å²) >= 11 is 6.23. The minimum Gasteiger partial charge on any atom is -1.00 e. The first-order valence-electron chi connectivity index (χ1n) is 4.40. The molecule has 0 aliphatic heterocycles. The van der Waals surface area contributed by atoms with Crippen molar-refractivity contribution >= 4 is 11.6 Å². The molecule has 0 spiro atoms. The molecule has 1 aliphatic rings. The second-order valence-corrected chi connectivity index (χ2v) is 3.92. The Hall–Kier alpha value is 0.170. The maximum Gasteiger partial charge on any atom is 0.202 e. The monoisotopic (exact) mass is 309 g/mol. The van der Waals surface area contributed by atoms with E-state index in [0.717, 1.165) is 6.42 Å². The summed E-state index contributed by atoms with van der Waals surface area (Å²) in [4.78, 5) is 0. The van der Waals surface area contributed by atoms with Gasteiger partial charge in [0.2, 0.25) is 5.69 Å². The van der Waals surface area contributed by atoms with E-state index in [2.05, 4.69) is 29.9 Å². The third kappa shape index (κ3) is 2.15. The van der Waals surface area contributed by atoms with Crippen LogP contribution in [-0.2, 0) is 13.5 Å². The fourth-order valence-corrected chi connectivity index (χ4v) is 2.37. The molecule has 0 saturated heterocycles. The largest absolute Gasteiger partial charge is 1.00 e. The lowest BCUT2D eigenvalue weighted by Crippen LogP contribution is -3.00. The van der Waals surface area contributed by atoms with Gasteiger partial charge in [-0.25, -0.2) is 4.57 Å². The second-order valence-electron chi connectivity index (χ2n) is 3.39. The Morgan fingerprint density at radius 1 is 1.54 bits per heavy atom. The molecule has 3 heteroatoms. The molecular formula is C10H13ClIN. The van der Waals surface area contributed by atoms with Gasteiger partial charge in [-0.15, -0.1) is 11.6 Å². The fraction of sp³-hybridized carbons (Fsp3) is 0.500. The number of fused-ring (bicyclic) bond motifs is 1. The normalized spacial score (nSPS) is 20.3. The number of nitrogens with zero attached hydrogens (tertiary/aromatic N) is 1. The van der Waals surface area contributed by atoms with E-state index in [1.165, 1.54) is 24.1 Å². The predicted octanol–water partition coefficient (Wildman–Crippen LogP) is -0.869. The molecule has 1 aliphatic carbocycles. The Labute approximate surface area is 101 Å².